The zero-order valence-electron chi connectivity index (χ0n) is 9.26. The van der Waals surface area contributed by atoms with Gasteiger partial charge in [0, 0.05) is 12.4 Å². The first-order chi connectivity index (χ1) is 7.75. The summed E-state index contributed by atoms with van der Waals surface area (Å²) in [5, 5.41) is 0. The molecule has 1 aromatic heterocycles. The average Bonchev–Trinajstić information content (AvgIpc) is 2.73. The van der Waals surface area contributed by atoms with Crippen LogP contribution in [-0.4, -0.2) is 29.8 Å². The highest BCUT2D eigenvalue weighted by molar-refractivity contribution is 5.89. The molecule has 1 aromatic rings. The van der Waals surface area contributed by atoms with Gasteiger partial charge in [0.2, 0.25) is 0 Å². The Bertz CT molecular complexity index is 353. The third kappa shape index (κ3) is 2.79. The molecule has 2 rings (SSSR count). The van der Waals surface area contributed by atoms with Gasteiger partial charge in [-0.25, -0.2) is 4.79 Å². The molecule has 0 spiro atoms. The number of carbonyl (C=O) groups excluding carboxylic acids is 1. The Morgan fingerprint density at radius 3 is 2.88 bits per heavy atom. The zero-order valence-corrected chi connectivity index (χ0v) is 9.26. The first-order valence-electron chi connectivity index (χ1n) is 5.48. The number of nitrogens with zero attached hydrogens (tertiary/aromatic N) is 1. The Hall–Kier alpha value is -1.42. The standard InChI is InChI=1S/C12H15NO3/c1-9-2-3-11(16-9)8-15-12(14)10-4-6-13-7-5-10/h4-7,9,11H,2-3,8H2,1H3/t9-,11-/m0/s1. The van der Waals surface area contributed by atoms with Gasteiger partial charge in [-0.3, -0.25) is 4.98 Å². The van der Waals surface area contributed by atoms with Crippen LogP contribution in [0.5, 0.6) is 0 Å². The Morgan fingerprint density at radius 2 is 2.25 bits per heavy atom. The maximum Gasteiger partial charge on any atom is 0.338 e. The van der Waals surface area contributed by atoms with Gasteiger partial charge in [-0.15, -0.1) is 0 Å². The lowest BCUT2D eigenvalue weighted by molar-refractivity contribution is -0.00266. The van der Waals surface area contributed by atoms with Crippen LogP contribution >= 0.6 is 0 Å². The Labute approximate surface area is 94.6 Å². The van der Waals surface area contributed by atoms with Crippen molar-refractivity contribution in [2.45, 2.75) is 32.0 Å². The summed E-state index contributed by atoms with van der Waals surface area (Å²) >= 11 is 0. The van der Waals surface area contributed by atoms with Crippen LogP contribution in [0.1, 0.15) is 30.1 Å². The fraction of sp³-hybridized carbons (Fsp3) is 0.500. The van der Waals surface area contributed by atoms with Gasteiger partial charge in [0.05, 0.1) is 17.8 Å². The van der Waals surface area contributed by atoms with Gasteiger partial charge >= 0.3 is 5.97 Å². The van der Waals surface area contributed by atoms with Crippen molar-refractivity contribution in [3.05, 3.63) is 30.1 Å². The molecule has 0 bridgehead atoms. The highest BCUT2D eigenvalue weighted by atomic mass is 16.6. The first kappa shape index (κ1) is 11.1. The highest BCUT2D eigenvalue weighted by Crippen LogP contribution is 2.19. The molecule has 1 saturated heterocycles. The van der Waals surface area contributed by atoms with Crippen LogP contribution in [0, 0.1) is 0 Å². The summed E-state index contributed by atoms with van der Waals surface area (Å²) in [4.78, 5) is 15.4. The van der Waals surface area contributed by atoms with Gasteiger partial charge in [0.1, 0.15) is 6.61 Å². The maximum absolute atomic E-state index is 11.6. The molecule has 2 heterocycles. The van der Waals surface area contributed by atoms with Crippen LogP contribution in [0.2, 0.25) is 0 Å². The number of carbonyl (C=O) groups is 1. The summed E-state index contributed by atoms with van der Waals surface area (Å²) in [6.45, 7) is 2.37. The van der Waals surface area contributed by atoms with E-state index in [-0.39, 0.29) is 18.2 Å². The van der Waals surface area contributed by atoms with E-state index >= 15 is 0 Å². The molecule has 86 valence electrons. The van der Waals surface area contributed by atoms with Crippen molar-refractivity contribution >= 4 is 5.97 Å². The van der Waals surface area contributed by atoms with E-state index in [4.69, 9.17) is 9.47 Å². The third-order valence-electron chi connectivity index (χ3n) is 2.64. The lowest BCUT2D eigenvalue weighted by Gasteiger charge is -2.11. The predicted molar refractivity (Wildman–Crippen MR) is 58.1 cm³/mol. The minimum absolute atomic E-state index is 0.0563. The van der Waals surface area contributed by atoms with Gasteiger partial charge < -0.3 is 9.47 Å². The number of hydrogen-bond donors (Lipinski definition) is 0. The van der Waals surface area contributed by atoms with Crippen molar-refractivity contribution < 1.29 is 14.3 Å². The fourth-order valence-corrected chi connectivity index (χ4v) is 1.75. The number of pyridine rings is 1. The normalized spacial score (nSPS) is 24.3. The largest absolute Gasteiger partial charge is 0.459 e. The molecule has 16 heavy (non-hydrogen) atoms. The number of rotatable bonds is 3. The Morgan fingerprint density at radius 1 is 1.50 bits per heavy atom. The fourth-order valence-electron chi connectivity index (χ4n) is 1.75. The third-order valence-corrected chi connectivity index (χ3v) is 2.64. The minimum atomic E-state index is -0.314. The molecule has 0 saturated carbocycles. The van der Waals surface area contributed by atoms with E-state index < -0.39 is 0 Å². The van der Waals surface area contributed by atoms with E-state index in [0.717, 1.165) is 12.8 Å². The Kier molecular flexibility index (Phi) is 3.51. The molecule has 0 amide bonds. The summed E-state index contributed by atoms with van der Waals surface area (Å²) < 4.78 is 10.7. The van der Waals surface area contributed by atoms with Gasteiger partial charge in [0.25, 0.3) is 0 Å². The van der Waals surface area contributed by atoms with E-state index in [0.29, 0.717) is 12.2 Å². The maximum atomic E-state index is 11.6. The second-order valence-electron chi connectivity index (χ2n) is 3.98. The van der Waals surface area contributed by atoms with Crippen molar-refractivity contribution in [1.29, 1.82) is 0 Å². The molecule has 0 aromatic carbocycles. The zero-order chi connectivity index (χ0) is 11.4. The van der Waals surface area contributed by atoms with Gasteiger partial charge in [-0.1, -0.05) is 0 Å². The minimum Gasteiger partial charge on any atom is -0.459 e. The average molecular weight is 221 g/mol. The smallest absolute Gasteiger partial charge is 0.338 e. The first-order valence-corrected chi connectivity index (χ1v) is 5.48. The lowest BCUT2D eigenvalue weighted by Crippen LogP contribution is -2.19. The summed E-state index contributed by atoms with van der Waals surface area (Å²) in [6, 6.07) is 3.28. The molecule has 0 N–H and O–H groups in total. The van der Waals surface area contributed by atoms with E-state index in [1.807, 2.05) is 6.92 Å². The summed E-state index contributed by atoms with van der Waals surface area (Å²) in [5.41, 5.74) is 0.529. The van der Waals surface area contributed by atoms with Gasteiger partial charge in [-0.2, -0.15) is 0 Å². The van der Waals surface area contributed by atoms with Crippen molar-refractivity contribution in [2.24, 2.45) is 0 Å². The van der Waals surface area contributed by atoms with Gasteiger partial charge in [-0.05, 0) is 31.9 Å². The molecular weight excluding hydrogens is 206 g/mol. The molecular formula is C12H15NO3. The second-order valence-corrected chi connectivity index (χ2v) is 3.98. The second kappa shape index (κ2) is 5.07. The molecule has 2 atom stereocenters. The van der Waals surface area contributed by atoms with E-state index in [1.165, 1.54) is 0 Å². The van der Waals surface area contributed by atoms with Crippen LogP contribution in [0.25, 0.3) is 0 Å². The van der Waals surface area contributed by atoms with Gasteiger partial charge in [0.15, 0.2) is 0 Å². The van der Waals surface area contributed by atoms with E-state index in [1.54, 1.807) is 24.5 Å². The van der Waals surface area contributed by atoms with Crippen molar-refractivity contribution in [3.63, 3.8) is 0 Å². The van der Waals surface area contributed by atoms with Crippen LogP contribution in [0.3, 0.4) is 0 Å². The van der Waals surface area contributed by atoms with Crippen LogP contribution in [0.15, 0.2) is 24.5 Å². The highest BCUT2D eigenvalue weighted by Gasteiger charge is 2.23. The summed E-state index contributed by atoms with van der Waals surface area (Å²) in [6.07, 6.45) is 5.49. The summed E-state index contributed by atoms with van der Waals surface area (Å²) in [5.74, 6) is -0.314. The van der Waals surface area contributed by atoms with Crippen LogP contribution in [0.4, 0.5) is 0 Å². The van der Waals surface area contributed by atoms with Crippen LogP contribution < -0.4 is 0 Å². The topological polar surface area (TPSA) is 48.4 Å². The van der Waals surface area contributed by atoms with Crippen molar-refractivity contribution in [3.8, 4) is 0 Å². The molecule has 1 aliphatic heterocycles. The number of aromatic nitrogens is 1. The van der Waals surface area contributed by atoms with Crippen molar-refractivity contribution in [2.75, 3.05) is 6.61 Å². The van der Waals surface area contributed by atoms with E-state index in [2.05, 4.69) is 4.98 Å². The molecule has 0 unspecified atom stereocenters. The monoisotopic (exact) mass is 221 g/mol. The number of ether oxygens (including phenoxy) is 2. The molecule has 1 aliphatic rings. The molecule has 1 fully saturated rings. The number of hydrogen-bond acceptors (Lipinski definition) is 4. The lowest BCUT2D eigenvalue weighted by atomic mass is 10.2. The van der Waals surface area contributed by atoms with E-state index in [9.17, 15) is 4.79 Å². The molecule has 4 heteroatoms. The van der Waals surface area contributed by atoms with Crippen molar-refractivity contribution in [1.82, 2.24) is 4.98 Å². The summed E-state index contributed by atoms with van der Waals surface area (Å²) in [7, 11) is 0. The molecule has 4 nitrogen and oxygen atoms in total. The number of esters is 1. The predicted octanol–water partition coefficient (Wildman–Crippen LogP) is 1.81. The Balaban J connectivity index is 1.80. The SMILES string of the molecule is C[C@H]1CC[C@@H](COC(=O)c2ccncc2)O1. The quantitative estimate of drug-likeness (QED) is 0.730. The molecule has 0 radical (unpaired) electrons. The molecule has 0 aliphatic carbocycles. The van der Waals surface area contributed by atoms with Crippen LogP contribution in [-0.2, 0) is 9.47 Å².